The summed E-state index contributed by atoms with van der Waals surface area (Å²) in [5, 5.41) is 7.80. The molecule has 0 spiro atoms. The summed E-state index contributed by atoms with van der Waals surface area (Å²) in [6.07, 6.45) is 5.98. The van der Waals surface area contributed by atoms with Crippen LogP contribution in [0.5, 0.6) is 0 Å². The van der Waals surface area contributed by atoms with Crippen LogP contribution >= 0.6 is 11.6 Å². The van der Waals surface area contributed by atoms with E-state index in [4.69, 9.17) is 11.6 Å². The second kappa shape index (κ2) is 10.7. The van der Waals surface area contributed by atoms with E-state index in [0.29, 0.717) is 24.0 Å². The van der Waals surface area contributed by atoms with E-state index >= 15 is 0 Å². The van der Waals surface area contributed by atoms with Gasteiger partial charge in [0.15, 0.2) is 0 Å². The highest BCUT2D eigenvalue weighted by Crippen LogP contribution is 2.25. The van der Waals surface area contributed by atoms with Crippen LogP contribution in [0.25, 0.3) is 17.0 Å². The van der Waals surface area contributed by atoms with Crippen LogP contribution in [-0.2, 0) is 9.59 Å². The number of hydrogen-bond acceptors (Lipinski definition) is 4. The van der Waals surface area contributed by atoms with Gasteiger partial charge in [0.05, 0.1) is 11.6 Å². The maximum Gasteiger partial charge on any atom is 0.248 e. The highest BCUT2D eigenvalue weighted by molar-refractivity contribution is 6.31. The van der Waals surface area contributed by atoms with Crippen LogP contribution in [0.15, 0.2) is 66.9 Å². The van der Waals surface area contributed by atoms with Gasteiger partial charge in [0.1, 0.15) is 6.04 Å². The number of likely N-dealkylation sites (tertiary alicyclic amines) is 1. The lowest BCUT2D eigenvalue weighted by molar-refractivity contribution is -0.151. The first-order valence-corrected chi connectivity index (χ1v) is 11.9. The zero-order valence-electron chi connectivity index (χ0n) is 19.4. The molecule has 0 saturated carbocycles. The van der Waals surface area contributed by atoms with E-state index in [1.165, 1.54) is 0 Å². The number of fused-ring (bicyclic) bond motifs is 1. The number of carbonyl (C=O) groups is 2. The third kappa shape index (κ3) is 5.57. The van der Waals surface area contributed by atoms with Crippen molar-refractivity contribution < 1.29 is 9.59 Å². The Hall–Kier alpha value is -3.38. The maximum atomic E-state index is 12.8. The van der Waals surface area contributed by atoms with Gasteiger partial charge in [-0.3, -0.25) is 14.6 Å². The summed E-state index contributed by atoms with van der Waals surface area (Å²) < 4.78 is 0. The van der Waals surface area contributed by atoms with E-state index < -0.39 is 6.04 Å². The quantitative estimate of drug-likeness (QED) is 0.437. The summed E-state index contributed by atoms with van der Waals surface area (Å²) in [5.74, 6) is 0.159. The van der Waals surface area contributed by atoms with Crippen molar-refractivity contribution in [2.45, 2.75) is 32.4 Å². The standard InChI is InChI=1S/C27H29ClN4O2/c1-18(2)17-32-24(11-8-19-6-4-3-5-7-19)26(27(32)34)31-25(33)13-15-29-22-12-14-30-23-16-20(28)9-10-21(22)23/h3-12,14,16,18,24,26H,13,15,17H2,1-2H3,(H,29,30)(H,31,33)/b11-8+/t24-,26+/m0/s1. The molecule has 2 N–H and O–H groups in total. The molecule has 7 heteroatoms. The SMILES string of the molecule is CC(C)CN1C(=O)[C@H](NC(=O)CCNc2ccnc3cc(Cl)ccc23)[C@@H]1/C=C/c1ccccc1. The molecule has 2 amide bonds. The monoisotopic (exact) mass is 476 g/mol. The second-order valence-corrected chi connectivity index (χ2v) is 9.32. The predicted molar refractivity (Wildman–Crippen MR) is 138 cm³/mol. The number of hydrogen-bond donors (Lipinski definition) is 2. The average Bonchev–Trinajstić information content (AvgIpc) is 2.82. The van der Waals surface area contributed by atoms with E-state index in [1.807, 2.05) is 71.6 Å². The lowest BCUT2D eigenvalue weighted by Crippen LogP contribution is -2.70. The fourth-order valence-corrected chi connectivity index (χ4v) is 4.31. The van der Waals surface area contributed by atoms with Gasteiger partial charge in [0.25, 0.3) is 0 Å². The topological polar surface area (TPSA) is 74.3 Å². The van der Waals surface area contributed by atoms with Gasteiger partial charge < -0.3 is 15.5 Å². The Balaban J connectivity index is 1.36. The van der Waals surface area contributed by atoms with E-state index in [1.54, 1.807) is 6.20 Å². The van der Waals surface area contributed by atoms with Crippen LogP contribution < -0.4 is 10.6 Å². The van der Waals surface area contributed by atoms with Gasteiger partial charge in [0, 0.05) is 41.8 Å². The first-order chi connectivity index (χ1) is 16.4. The van der Waals surface area contributed by atoms with Gasteiger partial charge in [-0.1, -0.05) is 67.9 Å². The Morgan fingerprint density at radius 2 is 1.97 bits per heavy atom. The number of rotatable bonds is 9. The van der Waals surface area contributed by atoms with Gasteiger partial charge in [-0.15, -0.1) is 0 Å². The molecular formula is C27H29ClN4O2. The zero-order chi connectivity index (χ0) is 24.1. The minimum Gasteiger partial charge on any atom is -0.384 e. The van der Waals surface area contributed by atoms with Crippen LogP contribution in [0, 0.1) is 5.92 Å². The summed E-state index contributed by atoms with van der Waals surface area (Å²) in [6.45, 7) is 5.27. The van der Waals surface area contributed by atoms with E-state index in [2.05, 4.69) is 29.5 Å². The highest BCUT2D eigenvalue weighted by Gasteiger charge is 2.46. The third-order valence-corrected chi connectivity index (χ3v) is 6.02. The number of carbonyl (C=O) groups excluding carboxylic acids is 2. The Labute approximate surface area is 205 Å². The van der Waals surface area contributed by atoms with Gasteiger partial charge in [-0.05, 0) is 35.7 Å². The molecule has 176 valence electrons. The second-order valence-electron chi connectivity index (χ2n) is 8.89. The number of anilines is 1. The summed E-state index contributed by atoms with van der Waals surface area (Å²) in [5.41, 5.74) is 2.74. The fraction of sp³-hybridized carbons (Fsp3) is 0.296. The van der Waals surface area contributed by atoms with Crippen LogP contribution in [-0.4, -0.2) is 46.9 Å². The maximum absolute atomic E-state index is 12.8. The lowest BCUT2D eigenvalue weighted by Gasteiger charge is -2.46. The minimum absolute atomic E-state index is 0.0327. The first-order valence-electron chi connectivity index (χ1n) is 11.5. The number of pyridine rings is 1. The van der Waals surface area contributed by atoms with Gasteiger partial charge in [-0.2, -0.15) is 0 Å². The van der Waals surface area contributed by atoms with Crippen molar-refractivity contribution in [3.05, 3.63) is 77.5 Å². The number of β-lactam (4-membered cyclic amide) rings is 1. The van der Waals surface area contributed by atoms with E-state index in [9.17, 15) is 9.59 Å². The molecular weight excluding hydrogens is 448 g/mol. The molecule has 1 fully saturated rings. The molecule has 4 rings (SSSR count). The Morgan fingerprint density at radius 1 is 1.18 bits per heavy atom. The molecule has 6 nitrogen and oxygen atoms in total. The van der Waals surface area contributed by atoms with Crippen molar-refractivity contribution >= 4 is 46.1 Å². The minimum atomic E-state index is -0.532. The molecule has 1 saturated heterocycles. The number of nitrogens with zero attached hydrogens (tertiary/aromatic N) is 2. The molecule has 2 aromatic carbocycles. The number of benzene rings is 2. The number of aromatic nitrogens is 1. The van der Waals surface area contributed by atoms with Crippen molar-refractivity contribution in [1.29, 1.82) is 0 Å². The summed E-state index contributed by atoms with van der Waals surface area (Å²) in [4.78, 5) is 31.6. The van der Waals surface area contributed by atoms with Gasteiger partial charge in [-0.25, -0.2) is 0 Å². The summed E-state index contributed by atoms with van der Waals surface area (Å²) >= 11 is 6.05. The lowest BCUT2D eigenvalue weighted by atomic mass is 9.92. The Kier molecular flexibility index (Phi) is 7.48. The molecule has 0 radical (unpaired) electrons. The van der Waals surface area contributed by atoms with Crippen LogP contribution in [0.3, 0.4) is 0 Å². The smallest absolute Gasteiger partial charge is 0.248 e. The molecule has 0 aliphatic carbocycles. The van der Waals surface area contributed by atoms with E-state index in [-0.39, 0.29) is 24.3 Å². The molecule has 3 aromatic rings. The van der Waals surface area contributed by atoms with Crippen LogP contribution in [0.2, 0.25) is 5.02 Å². The van der Waals surface area contributed by atoms with Crippen molar-refractivity contribution in [3.63, 3.8) is 0 Å². The number of amides is 2. The molecule has 2 atom stereocenters. The zero-order valence-corrected chi connectivity index (χ0v) is 20.1. The Bertz CT molecular complexity index is 1200. The first kappa shape index (κ1) is 23.8. The molecule has 0 bridgehead atoms. The largest absolute Gasteiger partial charge is 0.384 e. The molecule has 34 heavy (non-hydrogen) atoms. The van der Waals surface area contributed by atoms with Gasteiger partial charge in [0.2, 0.25) is 11.8 Å². The van der Waals surface area contributed by atoms with Crippen LogP contribution in [0.4, 0.5) is 5.69 Å². The summed E-state index contributed by atoms with van der Waals surface area (Å²) in [6, 6.07) is 16.7. The number of halogens is 1. The molecule has 2 heterocycles. The van der Waals surface area contributed by atoms with Crippen molar-refractivity contribution in [2.75, 3.05) is 18.4 Å². The Morgan fingerprint density at radius 3 is 2.74 bits per heavy atom. The molecule has 0 unspecified atom stereocenters. The van der Waals surface area contributed by atoms with E-state index in [0.717, 1.165) is 22.2 Å². The highest BCUT2D eigenvalue weighted by atomic mass is 35.5. The van der Waals surface area contributed by atoms with Crippen molar-refractivity contribution in [3.8, 4) is 0 Å². The van der Waals surface area contributed by atoms with Crippen molar-refractivity contribution in [2.24, 2.45) is 5.92 Å². The number of nitrogens with one attached hydrogen (secondary N) is 2. The molecule has 1 aliphatic heterocycles. The molecule has 1 aromatic heterocycles. The summed E-state index contributed by atoms with van der Waals surface area (Å²) in [7, 11) is 0. The van der Waals surface area contributed by atoms with Crippen LogP contribution in [0.1, 0.15) is 25.8 Å². The predicted octanol–water partition coefficient (Wildman–Crippen LogP) is 4.76. The third-order valence-electron chi connectivity index (χ3n) is 5.79. The normalized spacial score (nSPS) is 17.9. The van der Waals surface area contributed by atoms with Gasteiger partial charge >= 0.3 is 0 Å². The van der Waals surface area contributed by atoms with Crippen molar-refractivity contribution in [1.82, 2.24) is 15.2 Å². The molecule has 1 aliphatic rings. The average molecular weight is 477 g/mol. The fourth-order valence-electron chi connectivity index (χ4n) is 4.14.